The van der Waals surface area contributed by atoms with Crippen molar-refractivity contribution in [2.45, 2.75) is 33.0 Å². The second-order valence-electron chi connectivity index (χ2n) is 9.32. The van der Waals surface area contributed by atoms with Gasteiger partial charge in [-0.2, -0.15) is 0 Å². The van der Waals surface area contributed by atoms with Crippen molar-refractivity contribution in [1.82, 2.24) is 14.4 Å². The molecule has 1 fully saturated rings. The molecule has 0 unspecified atom stereocenters. The molecule has 0 saturated carbocycles. The highest BCUT2D eigenvalue weighted by Gasteiger charge is 2.22. The molecule has 5 aromatic rings. The molecule has 2 atom stereocenters. The third-order valence-corrected chi connectivity index (χ3v) is 6.62. The summed E-state index contributed by atoms with van der Waals surface area (Å²) in [6, 6.07) is 23.6. The standard InChI is InChI=1S/C29H28N4O/c1-19-14-26(25-6-4-5-7-27(25)31-19)28-16-30-29-15-23(12-13-33(28)29)22-8-10-24(11-9-22)32-17-20(2)34-21(3)18-32/h4-16,20-21H,17-18H2,1-3H3/t20-,21+. The summed E-state index contributed by atoms with van der Waals surface area (Å²) in [5, 5.41) is 1.14. The third-order valence-electron chi connectivity index (χ3n) is 6.62. The van der Waals surface area contributed by atoms with Crippen LogP contribution in [0, 0.1) is 6.92 Å². The molecule has 5 nitrogen and oxygen atoms in total. The Kier molecular flexibility index (Phi) is 5.07. The number of ether oxygens (including phenoxy) is 1. The van der Waals surface area contributed by atoms with Gasteiger partial charge >= 0.3 is 0 Å². The first kappa shape index (κ1) is 20.9. The van der Waals surface area contributed by atoms with Crippen molar-refractivity contribution in [1.29, 1.82) is 0 Å². The zero-order valence-electron chi connectivity index (χ0n) is 19.8. The average molecular weight is 449 g/mol. The van der Waals surface area contributed by atoms with E-state index in [1.165, 1.54) is 11.3 Å². The first-order valence-corrected chi connectivity index (χ1v) is 11.9. The Bertz CT molecular complexity index is 1480. The van der Waals surface area contributed by atoms with Gasteiger partial charge in [-0.25, -0.2) is 4.98 Å². The molecule has 170 valence electrons. The molecule has 3 aromatic heterocycles. The molecule has 0 aliphatic carbocycles. The Labute approximate surface area is 199 Å². The van der Waals surface area contributed by atoms with Crippen molar-refractivity contribution in [3.8, 4) is 22.4 Å². The van der Waals surface area contributed by atoms with Gasteiger partial charge < -0.3 is 9.64 Å². The normalized spacial score (nSPS) is 18.6. The fourth-order valence-corrected chi connectivity index (χ4v) is 5.13. The number of aryl methyl sites for hydroxylation is 1. The van der Waals surface area contributed by atoms with Gasteiger partial charge in [-0.15, -0.1) is 0 Å². The lowest BCUT2D eigenvalue weighted by molar-refractivity contribution is -0.00521. The predicted molar refractivity (Wildman–Crippen MR) is 138 cm³/mol. The minimum Gasteiger partial charge on any atom is -0.372 e. The van der Waals surface area contributed by atoms with Gasteiger partial charge in [0.1, 0.15) is 5.65 Å². The molecule has 0 spiro atoms. The minimum atomic E-state index is 0.252. The Balaban J connectivity index is 1.34. The number of hydrogen-bond acceptors (Lipinski definition) is 4. The molecular weight excluding hydrogens is 420 g/mol. The number of aromatic nitrogens is 3. The molecule has 1 aliphatic heterocycles. The lowest BCUT2D eigenvalue weighted by atomic mass is 10.0. The molecule has 0 N–H and O–H groups in total. The van der Waals surface area contributed by atoms with Gasteiger partial charge in [0, 0.05) is 41.6 Å². The first-order valence-electron chi connectivity index (χ1n) is 11.9. The molecule has 1 saturated heterocycles. The van der Waals surface area contributed by atoms with Crippen LogP contribution in [0.3, 0.4) is 0 Å². The molecule has 0 radical (unpaired) electrons. The van der Waals surface area contributed by atoms with Crippen LogP contribution >= 0.6 is 0 Å². The van der Waals surface area contributed by atoms with Crippen molar-refractivity contribution >= 4 is 22.2 Å². The second-order valence-corrected chi connectivity index (χ2v) is 9.32. The van der Waals surface area contributed by atoms with Crippen LogP contribution in [0.15, 0.2) is 79.1 Å². The quantitative estimate of drug-likeness (QED) is 0.333. The van der Waals surface area contributed by atoms with Crippen molar-refractivity contribution < 1.29 is 4.74 Å². The van der Waals surface area contributed by atoms with Crippen molar-refractivity contribution in [2.24, 2.45) is 0 Å². The maximum absolute atomic E-state index is 5.88. The summed E-state index contributed by atoms with van der Waals surface area (Å²) in [7, 11) is 0. The largest absolute Gasteiger partial charge is 0.372 e. The number of rotatable bonds is 3. The number of nitrogens with zero attached hydrogens (tertiary/aromatic N) is 4. The summed E-state index contributed by atoms with van der Waals surface area (Å²) < 4.78 is 8.04. The summed E-state index contributed by atoms with van der Waals surface area (Å²) in [5.41, 5.74) is 8.78. The topological polar surface area (TPSA) is 42.7 Å². The van der Waals surface area contributed by atoms with E-state index in [-0.39, 0.29) is 12.2 Å². The Morgan fingerprint density at radius 2 is 1.65 bits per heavy atom. The zero-order chi connectivity index (χ0) is 23.2. The summed E-state index contributed by atoms with van der Waals surface area (Å²) >= 11 is 0. The number of morpholine rings is 1. The van der Waals surface area contributed by atoms with E-state index in [1.54, 1.807) is 0 Å². The van der Waals surface area contributed by atoms with Gasteiger partial charge in [0.05, 0.1) is 29.6 Å². The van der Waals surface area contributed by atoms with Crippen LogP contribution < -0.4 is 4.90 Å². The molecule has 0 amide bonds. The van der Waals surface area contributed by atoms with Gasteiger partial charge in [0.15, 0.2) is 0 Å². The van der Waals surface area contributed by atoms with Crippen LogP contribution in [-0.2, 0) is 4.74 Å². The summed E-state index contributed by atoms with van der Waals surface area (Å²) in [4.78, 5) is 11.8. The van der Waals surface area contributed by atoms with Gasteiger partial charge in [-0.1, -0.05) is 30.3 Å². The fourth-order valence-electron chi connectivity index (χ4n) is 5.13. The van der Waals surface area contributed by atoms with E-state index in [0.717, 1.165) is 52.2 Å². The summed E-state index contributed by atoms with van der Waals surface area (Å²) in [6.45, 7) is 8.17. The molecule has 2 aromatic carbocycles. The molecule has 0 bridgehead atoms. The number of hydrogen-bond donors (Lipinski definition) is 0. The van der Waals surface area contributed by atoms with Crippen molar-refractivity contribution in [3.05, 3.63) is 84.8 Å². The summed E-state index contributed by atoms with van der Waals surface area (Å²) in [6.07, 6.45) is 4.59. The van der Waals surface area contributed by atoms with Gasteiger partial charge in [-0.05, 0) is 68.3 Å². The third kappa shape index (κ3) is 3.72. The van der Waals surface area contributed by atoms with Crippen molar-refractivity contribution in [3.63, 3.8) is 0 Å². The first-order chi connectivity index (χ1) is 16.5. The highest BCUT2D eigenvalue weighted by molar-refractivity contribution is 5.94. The Morgan fingerprint density at radius 3 is 2.44 bits per heavy atom. The number of fused-ring (bicyclic) bond motifs is 2. The monoisotopic (exact) mass is 448 g/mol. The fraction of sp³-hybridized carbons (Fsp3) is 0.241. The molecule has 34 heavy (non-hydrogen) atoms. The van der Waals surface area contributed by atoms with E-state index in [4.69, 9.17) is 9.72 Å². The smallest absolute Gasteiger partial charge is 0.137 e. The van der Waals surface area contributed by atoms with E-state index >= 15 is 0 Å². The number of anilines is 1. The van der Waals surface area contributed by atoms with E-state index in [1.807, 2.05) is 19.2 Å². The van der Waals surface area contributed by atoms with Crippen LogP contribution in [-0.4, -0.2) is 39.7 Å². The van der Waals surface area contributed by atoms with Crippen LogP contribution in [0.4, 0.5) is 5.69 Å². The van der Waals surface area contributed by atoms with Gasteiger partial charge in [0.25, 0.3) is 0 Å². The highest BCUT2D eigenvalue weighted by atomic mass is 16.5. The Hall–Kier alpha value is -3.70. The average Bonchev–Trinajstić information content (AvgIpc) is 3.26. The highest BCUT2D eigenvalue weighted by Crippen LogP contribution is 2.31. The van der Waals surface area contributed by atoms with Crippen molar-refractivity contribution in [2.75, 3.05) is 18.0 Å². The lowest BCUT2D eigenvalue weighted by Crippen LogP contribution is -2.45. The minimum absolute atomic E-state index is 0.252. The molecular formula is C29H28N4O. The zero-order valence-corrected chi connectivity index (χ0v) is 19.8. The predicted octanol–water partition coefficient (Wildman–Crippen LogP) is 6.14. The number of imidazole rings is 1. The number of benzene rings is 2. The maximum atomic E-state index is 5.88. The SMILES string of the molecule is Cc1cc(-c2cnc3cc(-c4ccc(N5C[C@@H](C)O[C@@H](C)C5)cc4)ccn23)c2ccccc2n1. The van der Waals surface area contributed by atoms with Gasteiger partial charge in [-0.3, -0.25) is 9.38 Å². The van der Waals surface area contributed by atoms with E-state index in [9.17, 15) is 0 Å². The number of pyridine rings is 2. The Morgan fingerprint density at radius 1 is 0.882 bits per heavy atom. The molecule has 1 aliphatic rings. The van der Waals surface area contributed by atoms with Crippen LogP contribution in [0.2, 0.25) is 0 Å². The number of para-hydroxylation sites is 1. The molecule has 4 heterocycles. The van der Waals surface area contributed by atoms with Gasteiger partial charge in [0.2, 0.25) is 0 Å². The van der Waals surface area contributed by atoms with Crippen LogP contribution in [0.1, 0.15) is 19.5 Å². The van der Waals surface area contributed by atoms with Crippen LogP contribution in [0.5, 0.6) is 0 Å². The molecule has 6 rings (SSSR count). The van der Waals surface area contributed by atoms with Crippen LogP contribution in [0.25, 0.3) is 38.9 Å². The summed E-state index contributed by atoms with van der Waals surface area (Å²) in [5.74, 6) is 0. The van der Waals surface area contributed by atoms with E-state index in [2.05, 4.69) is 95.0 Å². The van der Waals surface area contributed by atoms with E-state index in [0.29, 0.717) is 0 Å². The maximum Gasteiger partial charge on any atom is 0.137 e. The second kappa shape index (κ2) is 8.26. The lowest BCUT2D eigenvalue weighted by Gasteiger charge is -2.36. The molecule has 5 heteroatoms. The van der Waals surface area contributed by atoms with E-state index < -0.39 is 0 Å².